The summed E-state index contributed by atoms with van der Waals surface area (Å²) in [5.41, 5.74) is 8.08. The molecule has 3 rings (SSSR count). The number of aliphatic hydroxyl groups excluding tert-OH is 1. The van der Waals surface area contributed by atoms with Gasteiger partial charge in [0, 0.05) is 24.7 Å². The van der Waals surface area contributed by atoms with Gasteiger partial charge in [-0.15, -0.1) is 0 Å². The van der Waals surface area contributed by atoms with Gasteiger partial charge >= 0.3 is 0 Å². The van der Waals surface area contributed by atoms with Crippen molar-refractivity contribution in [3.05, 3.63) is 35.8 Å². The van der Waals surface area contributed by atoms with Gasteiger partial charge in [-0.3, -0.25) is 4.98 Å². The van der Waals surface area contributed by atoms with Gasteiger partial charge < -0.3 is 15.7 Å². The minimum absolute atomic E-state index is 0.264. The maximum Gasteiger partial charge on any atom is 0.133 e. The van der Waals surface area contributed by atoms with Crippen LogP contribution in [-0.2, 0) is 6.42 Å². The van der Waals surface area contributed by atoms with E-state index in [2.05, 4.69) is 9.88 Å². The highest BCUT2D eigenvalue weighted by Crippen LogP contribution is 2.33. The Hall–Kier alpha value is -1.72. The fourth-order valence-corrected chi connectivity index (χ4v) is 2.88. The van der Waals surface area contributed by atoms with Crippen molar-refractivity contribution in [2.75, 3.05) is 24.5 Å². The Morgan fingerprint density at radius 3 is 3.05 bits per heavy atom. The number of benzene rings is 1. The van der Waals surface area contributed by atoms with Gasteiger partial charge in [0.25, 0.3) is 0 Å². The van der Waals surface area contributed by atoms with Gasteiger partial charge in [0.2, 0.25) is 0 Å². The molecule has 2 heterocycles. The molecule has 106 valence electrons. The molecule has 3 N–H and O–H groups in total. The second-order valence-corrected chi connectivity index (χ2v) is 5.19. The number of β-amino-alcohol motifs (C(OH)–C–C–N with tert-alkyl or cyclic N) is 1. The van der Waals surface area contributed by atoms with E-state index in [1.54, 1.807) is 24.4 Å². The second-order valence-electron chi connectivity index (χ2n) is 5.19. The molecule has 0 bridgehead atoms. The molecule has 1 unspecified atom stereocenters. The average molecular weight is 275 g/mol. The van der Waals surface area contributed by atoms with Crippen LogP contribution in [0.25, 0.3) is 10.9 Å². The predicted octanol–water partition coefficient (Wildman–Crippen LogP) is 1.45. The van der Waals surface area contributed by atoms with E-state index < -0.39 is 0 Å². The normalized spacial score (nSPS) is 18.9. The molecule has 20 heavy (non-hydrogen) atoms. The molecule has 0 saturated carbocycles. The molecule has 0 radical (unpaired) electrons. The van der Waals surface area contributed by atoms with Crippen LogP contribution in [0.15, 0.2) is 24.4 Å². The van der Waals surface area contributed by atoms with Crippen molar-refractivity contribution >= 4 is 16.6 Å². The van der Waals surface area contributed by atoms with Crippen LogP contribution >= 0.6 is 0 Å². The van der Waals surface area contributed by atoms with E-state index in [4.69, 9.17) is 5.73 Å². The van der Waals surface area contributed by atoms with E-state index in [0.29, 0.717) is 30.4 Å². The van der Waals surface area contributed by atoms with E-state index in [1.807, 2.05) is 0 Å². The maximum absolute atomic E-state index is 14.2. The van der Waals surface area contributed by atoms with E-state index in [-0.39, 0.29) is 11.9 Å². The van der Waals surface area contributed by atoms with Gasteiger partial charge in [-0.05, 0) is 43.1 Å². The summed E-state index contributed by atoms with van der Waals surface area (Å²) in [4.78, 5) is 6.44. The van der Waals surface area contributed by atoms with Crippen molar-refractivity contribution < 1.29 is 9.50 Å². The number of fused-ring (bicyclic) bond motifs is 1. The van der Waals surface area contributed by atoms with Crippen LogP contribution in [0.4, 0.5) is 10.1 Å². The van der Waals surface area contributed by atoms with Crippen molar-refractivity contribution in [3.63, 3.8) is 0 Å². The molecule has 2 aromatic rings. The van der Waals surface area contributed by atoms with Gasteiger partial charge in [-0.25, -0.2) is 4.39 Å². The Labute approximate surface area is 117 Å². The Bertz CT molecular complexity index is 632. The quantitative estimate of drug-likeness (QED) is 0.890. The van der Waals surface area contributed by atoms with E-state index in [9.17, 15) is 9.50 Å². The fraction of sp³-hybridized carbons (Fsp3) is 0.400. The number of nitrogens with zero attached hydrogens (tertiary/aromatic N) is 2. The molecule has 1 aromatic heterocycles. The molecule has 4 nitrogen and oxygen atoms in total. The number of rotatable bonds is 3. The highest BCUT2D eigenvalue weighted by Gasteiger charge is 2.25. The first-order valence-corrected chi connectivity index (χ1v) is 6.90. The number of aromatic nitrogens is 1. The summed E-state index contributed by atoms with van der Waals surface area (Å²) in [6, 6.07) is 5.02. The topological polar surface area (TPSA) is 62.4 Å². The molecular weight excluding hydrogens is 257 g/mol. The van der Waals surface area contributed by atoms with Crippen LogP contribution in [0.2, 0.25) is 0 Å². The Morgan fingerprint density at radius 2 is 2.35 bits per heavy atom. The summed E-state index contributed by atoms with van der Waals surface area (Å²) in [5.74, 6) is -0.264. The van der Waals surface area contributed by atoms with Crippen molar-refractivity contribution in [3.8, 4) is 0 Å². The number of anilines is 1. The lowest BCUT2D eigenvalue weighted by Crippen LogP contribution is -2.23. The van der Waals surface area contributed by atoms with E-state index in [0.717, 1.165) is 24.2 Å². The van der Waals surface area contributed by atoms with Crippen LogP contribution in [0, 0.1) is 5.82 Å². The van der Waals surface area contributed by atoms with E-state index >= 15 is 0 Å². The number of halogens is 1. The van der Waals surface area contributed by atoms with Crippen molar-refractivity contribution in [1.29, 1.82) is 0 Å². The van der Waals surface area contributed by atoms with Gasteiger partial charge in [-0.1, -0.05) is 0 Å². The van der Waals surface area contributed by atoms with Gasteiger partial charge in [0.1, 0.15) is 5.82 Å². The van der Waals surface area contributed by atoms with E-state index in [1.165, 1.54) is 0 Å². The third-order valence-electron chi connectivity index (χ3n) is 3.79. The van der Waals surface area contributed by atoms with Crippen LogP contribution in [0.3, 0.4) is 0 Å². The van der Waals surface area contributed by atoms with Gasteiger partial charge in [0.05, 0.1) is 17.3 Å². The summed E-state index contributed by atoms with van der Waals surface area (Å²) < 4.78 is 14.2. The molecule has 1 aliphatic rings. The first-order valence-electron chi connectivity index (χ1n) is 6.90. The molecule has 1 aromatic carbocycles. The zero-order chi connectivity index (χ0) is 14.1. The lowest BCUT2D eigenvalue weighted by atomic mass is 10.0. The molecule has 0 amide bonds. The summed E-state index contributed by atoms with van der Waals surface area (Å²) in [5, 5.41) is 10.3. The smallest absolute Gasteiger partial charge is 0.133 e. The van der Waals surface area contributed by atoms with Crippen LogP contribution in [0.5, 0.6) is 0 Å². The molecule has 5 heteroatoms. The molecule has 1 aliphatic heterocycles. The molecule has 0 aliphatic carbocycles. The van der Waals surface area contributed by atoms with Crippen LogP contribution in [-0.4, -0.2) is 35.8 Å². The van der Waals surface area contributed by atoms with Crippen molar-refractivity contribution in [2.45, 2.75) is 18.9 Å². The second kappa shape index (κ2) is 5.34. The van der Waals surface area contributed by atoms with Gasteiger partial charge in [-0.2, -0.15) is 0 Å². The SMILES string of the molecule is NCCc1cc(F)c2cccnc2c1N1CCC(O)C1. The standard InChI is InChI=1S/C15H18FN3O/c16-13-8-10(3-5-17)15(19-7-4-11(20)9-19)14-12(13)2-1-6-18-14/h1-2,6,8,11,20H,3-5,7,9,17H2. The molecular formula is C15H18FN3O. The Morgan fingerprint density at radius 1 is 1.50 bits per heavy atom. The third kappa shape index (κ3) is 2.23. The molecule has 0 spiro atoms. The summed E-state index contributed by atoms with van der Waals surface area (Å²) in [6.07, 6.45) is 2.67. The number of hydrogen-bond acceptors (Lipinski definition) is 4. The monoisotopic (exact) mass is 275 g/mol. The first-order chi connectivity index (χ1) is 9.70. The van der Waals surface area contributed by atoms with Crippen molar-refractivity contribution in [2.24, 2.45) is 5.73 Å². The summed E-state index contributed by atoms with van der Waals surface area (Å²) >= 11 is 0. The first kappa shape index (κ1) is 13.3. The number of pyridine rings is 1. The predicted molar refractivity (Wildman–Crippen MR) is 77.3 cm³/mol. The lowest BCUT2D eigenvalue weighted by molar-refractivity contribution is 0.198. The molecule has 1 fully saturated rings. The highest BCUT2D eigenvalue weighted by molar-refractivity contribution is 5.93. The number of nitrogens with two attached hydrogens (primary N) is 1. The summed E-state index contributed by atoms with van der Waals surface area (Å²) in [6.45, 7) is 1.78. The lowest BCUT2D eigenvalue weighted by Gasteiger charge is -2.23. The Balaban J connectivity index is 2.20. The maximum atomic E-state index is 14.2. The molecule has 1 atom stereocenters. The van der Waals surface area contributed by atoms with Gasteiger partial charge in [0.15, 0.2) is 0 Å². The fourth-order valence-electron chi connectivity index (χ4n) is 2.88. The van der Waals surface area contributed by atoms with Crippen LogP contribution < -0.4 is 10.6 Å². The number of aliphatic hydroxyl groups is 1. The highest BCUT2D eigenvalue weighted by atomic mass is 19.1. The van der Waals surface area contributed by atoms with Crippen LogP contribution in [0.1, 0.15) is 12.0 Å². The number of hydrogen-bond donors (Lipinski definition) is 2. The zero-order valence-corrected chi connectivity index (χ0v) is 11.2. The molecule has 1 saturated heterocycles. The minimum atomic E-state index is -0.329. The minimum Gasteiger partial charge on any atom is -0.391 e. The zero-order valence-electron chi connectivity index (χ0n) is 11.2. The summed E-state index contributed by atoms with van der Waals surface area (Å²) in [7, 11) is 0. The Kier molecular flexibility index (Phi) is 3.54. The largest absolute Gasteiger partial charge is 0.391 e. The van der Waals surface area contributed by atoms with Crippen molar-refractivity contribution in [1.82, 2.24) is 4.98 Å². The average Bonchev–Trinajstić information content (AvgIpc) is 2.86. The third-order valence-corrected chi connectivity index (χ3v) is 3.79.